The van der Waals surface area contributed by atoms with E-state index in [2.05, 4.69) is 20.6 Å². The third kappa shape index (κ3) is 4.45. The summed E-state index contributed by atoms with van der Waals surface area (Å²) in [6.07, 6.45) is 0.793. The van der Waals surface area contributed by atoms with Crippen LogP contribution in [0, 0.1) is 18.6 Å². The summed E-state index contributed by atoms with van der Waals surface area (Å²) in [5, 5.41) is 5.53. The molecular weight excluding hydrogens is 302 g/mol. The molecule has 0 fully saturated rings. The van der Waals surface area contributed by atoms with Gasteiger partial charge in [-0.2, -0.15) is 0 Å². The van der Waals surface area contributed by atoms with E-state index in [1.807, 2.05) is 13.8 Å². The van der Waals surface area contributed by atoms with Crippen LogP contribution < -0.4 is 10.6 Å². The lowest BCUT2D eigenvalue weighted by Crippen LogP contribution is -2.32. The number of benzene rings is 1. The zero-order valence-corrected chi connectivity index (χ0v) is 13.2. The number of hydrogen-bond acceptors (Lipinski definition) is 4. The topological polar surface area (TPSA) is 66.9 Å². The molecule has 0 radical (unpaired) electrons. The summed E-state index contributed by atoms with van der Waals surface area (Å²) in [5.74, 6) is -1.11. The van der Waals surface area contributed by atoms with E-state index in [1.54, 1.807) is 6.92 Å². The number of halogens is 2. The second-order valence-corrected chi connectivity index (χ2v) is 5.22. The molecule has 2 N–H and O–H groups in total. The fourth-order valence-electron chi connectivity index (χ4n) is 1.88. The smallest absolute Gasteiger partial charge is 0.270 e. The highest BCUT2D eigenvalue weighted by molar-refractivity contribution is 5.93. The van der Waals surface area contributed by atoms with Gasteiger partial charge in [0.1, 0.15) is 29.0 Å². The molecule has 2 aromatic rings. The highest BCUT2D eigenvalue weighted by Crippen LogP contribution is 2.20. The molecule has 1 heterocycles. The lowest BCUT2D eigenvalue weighted by atomic mass is 10.2. The normalized spacial score (nSPS) is 11.9. The molecule has 1 aromatic carbocycles. The molecule has 0 aliphatic carbocycles. The second kappa shape index (κ2) is 7.13. The van der Waals surface area contributed by atoms with Crippen molar-refractivity contribution in [1.82, 2.24) is 15.3 Å². The van der Waals surface area contributed by atoms with Crippen LogP contribution in [0.1, 0.15) is 36.6 Å². The Hall–Kier alpha value is -2.57. The number of amides is 1. The number of anilines is 2. The Bertz CT molecular complexity index is 721. The Morgan fingerprint density at radius 1 is 1.26 bits per heavy atom. The molecule has 7 heteroatoms. The molecule has 0 saturated carbocycles. The monoisotopic (exact) mass is 320 g/mol. The first-order chi connectivity index (χ1) is 10.9. The molecule has 1 aromatic heterocycles. The van der Waals surface area contributed by atoms with E-state index in [4.69, 9.17) is 0 Å². The summed E-state index contributed by atoms with van der Waals surface area (Å²) in [6, 6.07) is 4.61. The van der Waals surface area contributed by atoms with Crippen molar-refractivity contribution < 1.29 is 13.6 Å². The highest BCUT2D eigenvalue weighted by Gasteiger charge is 2.13. The van der Waals surface area contributed by atoms with Gasteiger partial charge in [-0.25, -0.2) is 18.7 Å². The van der Waals surface area contributed by atoms with Crippen molar-refractivity contribution in [3.05, 3.63) is 47.4 Å². The molecule has 1 atom stereocenters. The summed E-state index contributed by atoms with van der Waals surface area (Å²) < 4.78 is 26.6. The molecular formula is C16H18F2N4O. The molecule has 0 aliphatic rings. The van der Waals surface area contributed by atoms with E-state index in [1.165, 1.54) is 12.1 Å². The summed E-state index contributed by atoms with van der Waals surface area (Å²) in [6.45, 7) is 5.48. The zero-order valence-electron chi connectivity index (χ0n) is 13.2. The van der Waals surface area contributed by atoms with Gasteiger partial charge in [0.2, 0.25) is 0 Å². The fraction of sp³-hybridized carbons (Fsp3) is 0.312. The molecule has 2 rings (SSSR count). The van der Waals surface area contributed by atoms with Crippen LogP contribution in [0.4, 0.5) is 20.3 Å². The van der Waals surface area contributed by atoms with Crippen LogP contribution in [0.2, 0.25) is 0 Å². The average Bonchev–Trinajstić information content (AvgIpc) is 2.49. The average molecular weight is 320 g/mol. The zero-order chi connectivity index (χ0) is 17.0. The number of aryl methyl sites for hydroxylation is 1. The standard InChI is InChI=1S/C16H18F2N4O/c1-4-9(2)19-16(23)14-8-15(21-10(3)20-14)22-13-6-5-11(17)7-12(13)18/h5-9H,4H2,1-3H3,(H,19,23)(H,20,21,22). The lowest BCUT2D eigenvalue weighted by Gasteiger charge is -2.12. The molecule has 0 bridgehead atoms. The Labute approximate surface area is 133 Å². The van der Waals surface area contributed by atoms with Gasteiger partial charge in [0.25, 0.3) is 5.91 Å². The molecule has 23 heavy (non-hydrogen) atoms. The lowest BCUT2D eigenvalue weighted by molar-refractivity contribution is 0.0934. The predicted octanol–water partition coefficient (Wildman–Crippen LogP) is 3.34. The van der Waals surface area contributed by atoms with Gasteiger partial charge in [-0.3, -0.25) is 4.79 Å². The number of carbonyl (C=O) groups is 1. The van der Waals surface area contributed by atoms with Crippen molar-refractivity contribution >= 4 is 17.4 Å². The van der Waals surface area contributed by atoms with Crippen molar-refractivity contribution in [2.24, 2.45) is 0 Å². The van der Waals surface area contributed by atoms with Crippen LogP contribution in [0.5, 0.6) is 0 Å². The number of aromatic nitrogens is 2. The van der Waals surface area contributed by atoms with E-state index in [0.717, 1.165) is 18.6 Å². The minimum atomic E-state index is -0.744. The van der Waals surface area contributed by atoms with Gasteiger partial charge in [0.15, 0.2) is 0 Å². The highest BCUT2D eigenvalue weighted by atomic mass is 19.1. The molecule has 0 saturated heterocycles. The molecule has 5 nitrogen and oxygen atoms in total. The van der Waals surface area contributed by atoms with Crippen LogP contribution in [0.25, 0.3) is 0 Å². The second-order valence-electron chi connectivity index (χ2n) is 5.22. The summed E-state index contributed by atoms with van der Waals surface area (Å²) in [4.78, 5) is 20.3. The number of rotatable bonds is 5. The van der Waals surface area contributed by atoms with Gasteiger partial charge in [-0.15, -0.1) is 0 Å². The van der Waals surface area contributed by atoms with Crippen molar-refractivity contribution in [2.75, 3.05) is 5.32 Å². The maximum atomic E-state index is 13.7. The van der Waals surface area contributed by atoms with Crippen LogP contribution in [0.3, 0.4) is 0 Å². The van der Waals surface area contributed by atoms with Gasteiger partial charge in [0, 0.05) is 18.2 Å². The number of nitrogens with one attached hydrogen (secondary N) is 2. The van der Waals surface area contributed by atoms with E-state index in [9.17, 15) is 13.6 Å². The van der Waals surface area contributed by atoms with Gasteiger partial charge < -0.3 is 10.6 Å². The Morgan fingerprint density at radius 2 is 2.00 bits per heavy atom. The van der Waals surface area contributed by atoms with Crippen LogP contribution >= 0.6 is 0 Å². The maximum Gasteiger partial charge on any atom is 0.270 e. The largest absolute Gasteiger partial charge is 0.348 e. The Morgan fingerprint density at radius 3 is 2.65 bits per heavy atom. The SMILES string of the molecule is CCC(C)NC(=O)c1cc(Nc2ccc(F)cc2F)nc(C)n1. The van der Waals surface area contributed by atoms with Crippen LogP contribution in [0.15, 0.2) is 24.3 Å². The first-order valence-electron chi connectivity index (χ1n) is 7.27. The number of hydrogen-bond donors (Lipinski definition) is 2. The van der Waals surface area contributed by atoms with Crippen molar-refractivity contribution in [2.45, 2.75) is 33.2 Å². The third-order valence-corrected chi connectivity index (χ3v) is 3.25. The van der Waals surface area contributed by atoms with Crippen molar-refractivity contribution in [1.29, 1.82) is 0 Å². The van der Waals surface area contributed by atoms with Crippen LogP contribution in [-0.2, 0) is 0 Å². The number of carbonyl (C=O) groups excluding carboxylic acids is 1. The van der Waals surface area contributed by atoms with Gasteiger partial charge in [0.05, 0.1) is 5.69 Å². The summed E-state index contributed by atoms with van der Waals surface area (Å²) in [5.41, 5.74) is 0.251. The minimum Gasteiger partial charge on any atom is -0.348 e. The van der Waals surface area contributed by atoms with E-state index >= 15 is 0 Å². The van der Waals surface area contributed by atoms with Crippen LogP contribution in [-0.4, -0.2) is 21.9 Å². The Balaban J connectivity index is 2.24. The maximum absolute atomic E-state index is 13.7. The molecule has 1 unspecified atom stereocenters. The van der Waals surface area contributed by atoms with Gasteiger partial charge >= 0.3 is 0 Å². The van der Waals surface area contributed by atoms with Gasteiger partial charge in [-0.05, 0) is 32.4 Å². The first kappa shape index (κ1) is 16.8. The molecule has 0 spiro atoms. The van der Waals surface area contributed by atoms with Gasteiger partial charge in [-0.1, -0.05) is 6.92 Å². The van der Waals surface area contributed by atoms with E-state index < -0.39 is 11.6 Å². The summed E-state index contributed by atoms with van der Waals surface area (Å²) >= 11 is 0. The molecule has 1 amide bonds. The number of nitrogens with zero attached hydrogens (tertiary/aromatic N) is 2. The fourth-order valence-corrected chi connectivity index (χ4v) is 1.88. The van der Waals surface area contributed by atoms with E-state index in [-0.39, 0.29) is 29.1 Å². The molecule has 0 aliphatic heterocycles. The van der Waals surface area contributed by atoms with Crippen molar-refractivity contribution in [3.8, 4) is 0 Å². The minimum absolute atomic E-state index is 0.0173. The third-order valence-electron chi connectivity index (χ3n) is 3.25. The Kier molecular flexibility index (Phi) is 5.20. The quantitative estimate of drug-likeness (QED) is 0.887. The summed E-state index contributed by atoms with van der Waals surface area (Å²) in [7, 11) is 0. The molecule has 122 valence electrons. The predicted molar refractivity (Wildman–Crippen MR) is 83.6 cm³/mol. The van der Waals surface area contributed by atoms with Crippen molar-refractivity contribution in [3.63, 3.8) is 0 Å². The first-order valence-corrected chi connectivity index (χ1v) is 7.27. The van der Waals surface area contributed by atoms with E-state index in [0.29, 0.717) is 5.82 Å².